The average Bonchev–Trinajstić information content (AvgIpc) is 3.25. The zero-order valence-electron chi connectivity index (χ0n) is 15.8. The molecule has 1 aliphatic rings. The Bertz CT molecular complexity index is 1100. The number of rotatable bonds is 5. The van der Waals surface area contributed by atoms with Crippen LogP contribution in [0.25, 0.3) is 11.1 Å². The van der Waals surface area contributed by atoms with Crippen LogP contribution in [0.5, 0.6) is 5.75 Å². The van der Waals surface area contributed by atoms with Crippen LogP contribution < -0.4 is 4.74 Å². The zero-order valence-corrected chi connectivity index (χ0v) is 19.0. The van der Waals surface area contributed by atoms with Crippen molar-refractivity contribution in [2.45, 2.75) is 10.3 Å². The van der Waals surface area contributed by atoms with E-state index in [1.54, 1.807) is 35.3 Å². The first-order chi connectivity index (χ1) is 14.0. The smallest absolute Gasteiger partial charge is 0.244 e. The van der Waals surface area contributed by atoms with Crippen molar-refractivity contribution in [1.82, 2.24) is 4.31 Å². The van der Waals surface area contributed by atoms with Crippen molar-refractivity contribution >= 4 is 37.7 Å². The van der Waals surface area contributed by atoms with Gasteiger partial charge in [0.15, 0.2) is 0 Å². The molecule has 1 atom stereocenters. The van der Waals surface area contributed by atoms with Crippen molar-refractivity contribution in [1.29, 1.82) is 0 Å². The van der Waals surface area contributed by atoms with Crippen LogP contribution in [0.15, 0.2) is 82.2 Å². The molecule has 0 aliphatic carbocycles. The van der Waals surface area contributed by atoms with Gasteiger partial charge < -0.3 is 4.74 Å². The maximum atomic E-state index is 13.4. The average molecular weight is 490 g/mol. The normalized spacial score (nSPS) is 17.4. The lowest BCUT2D eigenvalue weighted by Crippen LogP contribution is -2.30. The molecule has 1 unspecified atom stereocenters. The summed E-state index contributed by atoms with van der Waals surface area (Å²) in [6.07, 6.45) is 0. The first-order valence-electron chi connectivity index (χ1n) is 9.13. The Morgan fingerprint density at radius 3 is 2.38 bits per heavy atom. The van der Waals surface area contributed by atoms with E-state index in [1.807, 2.05) is 60.7 Å². The minimum atomic E-state index is -3.63. The SMILES string of the molecule is COc1ccc(Br)cc1C1SCCN1S(=O)(=O)c1ccc(-c2ccccc2)cc1. The third kappa shape index (κ3) is 4.10. The van der Waals surface area contributed by atoms with Gasteiger partial charge in [0.25, 0.3) is 0 Å². The summed E-state index contributed by atoms with van der Waals surface area (Å²) in [7, 11) is -2.03. The molecule has 0 amide bonds. The Balaban J connectivity index is 1.67. The van der Waals surface area contributed by atoms with Gasteiger partial charge in [0.05, 0.1) is 17.4 Å². The second-order valence-electron chi connectivity index (χ2n) is 6.62. The van der Waals surface area contributed by atoms with Crippen LogP contribution >= 0.6 is 27.7 Å². The molecule has 0 saturated carbocycles. The molecular formula is C22H20BrNO3S2. The number of nitrogens with zero attached hydrogens (tertiary/aromatic N) is 1. The monoisotopic (exact) mass is 489 g/mol. The molecule has 1 aliphatic heterocycles. The van der Waals surface area contributed by atoms with Crippen LogP contribution in [-0.2, 0) is 10.0 Å². The van der Waals surface area contributed by atoms with E-state index in [9.17, 15) is 8.42 Å². The van der Waals surface area contributed by atoms with E-state index in [4.69, 9.17) is 4.74 Å². The van der Waals surface area contributed by atoms with E-state index in [2.05, 4.69) is 15.9 Å². The van der Waals surface area contributed by atoms with E-state index < -0.39 is 10.0 Å². The van der Waals surface area contributed by atoms with Gasteiger partial charge in [0.2, 0.25) is 10.0 Å². The number of sulfonamides is 1. The molecule has 3 aromatic carbocycles. The van der Waals surface area contributed by atoms with E-state index in [1.165, 1.54) is 0 Å². The zero-order chi connectivity index (χ0) is 20.4. The molecule has 0 spiro atoms. The van der Waals surface area contributed by atoms with Crippen LogP contribution in [0.4, 0.5) is 0 Å². The molecule has 1 fully saturated rings. The number of ether oxygens (including phenoxy) is 1. The van der Waals surface area contributed by atoms with Gasteiger partial charge in [-0.25, -0.2) is 8.42 Å². The summed E-state index contributed by atoms with van der Waals surface area (Å²) in [5.74, 6) is 1.43. The van der Waals surface area contributed by atoms with Crippen LogP contribution in [-0.4, -0.2) is 32.1 Å². The van der Waals surface area contributed by atoms with Gasteiger partial charge in [0, 0.05) is 22.3 Å². The Labute approximate surface area is 184 Å². The predicted octanol–water partition coefficient (Wildman–Crippen LogP) is 5.56. The number of hydrogen-bond donors (Lipinski definition) is 0. The second kappa shape index (κ2) is 8.52. The molecule has 4 rings (SSSR count). The first-order valence-corrected chi connectivity index (χ1v) is 12.4. The van der Waals surface area contributed by atoms with Crippen LogP contribution in [0.1, 0.15) is 10.9 Å². The number of benzene rings is 3. The van der Waals surface area contributed by atoms with Crippen molar-refractivity contribution in [3.63, 3.8) is 0 Å². The maximum Gasteiger partial charge on any atom is 0.244 e. The summed E-state index contributed by atoms with van der Waals surface area (Å²) in [4.78, 5) is 0.304. The van der Waals surface area contributed by atoms with Gasteiger partial charge in [-0.1, -0.05) is 58.4 Å². The fraction of sp³-hybridized carbons (Fsp3) is 0.182. The highest BCUT2D eigenvalue weighted by Gasteiger charge is 2.38. The van der Waals surface area contributed by atoms with E-state index in [0.29, 0.717) is 17.2 Å². The molecule has 7 heteroatoms. The van der Waals surface area contributed by atoms with Crippen LogP contribution in [0, 0.1) is 0 Å². The summed E-state index contributed by atoms with van der Waals surface area (Å²) in [5.41, 5.74) is 2.91. The predicted molar refractivity (Wildman–Crippen MR) is 122 cm³/mol. The molecule has 0 N–H and O–H groups in total. The van der Waals surface area contributed by atoms with E-state index in [-0.39, 0.29) is 5.37 Å². The van der Waals surface area contributed by atoms with Gasteiger partial charge in [-0.05, 0) is 41.5 Å². The van der Waals surface area contributed by atoms with Crippen molar-refractivity contribution in [3.05, 3.63) is 82.8 Å². The second-order valence-corrected chi connectivity index (χ2v) is 10.6. The number of thioether (sulfide) groups is 1. The molecule has 4 nitrogen and oxygen atoms in total. The first kappa shape index (κ1) is 20.5. The molecule has 0 bridgehead atoms. The third-order valence-corrected chi connectivity index (χ3v) is 8.62. The highest BCUT2D eigenvalue weighted by atomic mass is 79.9. The molecule has 0 aromatic heterocycles. The summed E-state index contributed by atoms with van der Waals surface area (Å²) >= 11 is 5.09. The fourth-order valence-corrected chi connectivity index (χ4v) is 7.06. The summed E-state index contributed by atoms with van der Waals surface area (Å²) in [5, 5.41) is -0.318. The van der Waals surface area contributed by atoms with E-state index in [0.717, 1.165) is 26.9 Å². The number of methoxy groups -OCH3 is 1. The summed E-state index contributed by atoms with van der Waals surface area (Å²) in [6.45, 7) is 0.466. The van der Waals surface area contributed by atoms with E-state index >= 15 is 0 Å². The van der Waals surface area contributed by atoms with Crippen molar-refractivity contribution in [3.8, 4) is 16.9 Å². The Kier molecular flexibility index (Phi) is 6.01. The van der Waals surface area contributed by atoms with Gasteiger partial charge >= 0.3 is 0 Å². The largest absolute Gasteiger partial charge is 0.496 e. The number of halogens is 1. The minimum absolute atomic E-state index is 0.304. The third-order valence-electron chi connectivity index (χ3n) is 4.87. The highest BCUT2D eigenvalue weighted by molar-refractivity contribution is 9.10. The lowest BCUT2D eigenvalue weighted by molar-refractivity contribution is 0.390. The van der Waals surface area contributed by atoms with Crippen molar-refractivity contribution in [2.24, 2.45) is 0 Å². The molecule has 0 radical (unpaired) electrons. The molecule has 3 aromatic rings. The maximum absolute atomic E-state index is 13.4. The molecular weight excluding hydrogens is 470 g/mol. The van der Waals surface area contributed by atoms with Crippen molar-refractivity contribution in [2.75, 3.05) is 19.4 Å². The fourth-order valence-electron chi connectivity index (χ4n) is 3.43. The topological polar surface area (TPSA) is 46.6 Å². The molecule has 1 heterocycles. The highest BCUT2D eigenvalue weighted by Crippen LogP contribution is 2.45. The molecule has 150 valence electrons. The quantitative estimate of drug-likeness (QED) is 0.470. The number of hydrogen-bond acceptors (Lipinski definition) is 4. The Hall–Kier alpha value is -1.80. The molecule has 1 saturated heterocycles. The van der Waals surface area contributed by atoms with Gasteiger partial charge in [-0.2, -0.15) is 4.31 Å². The summed E-state index contributed by atoms with van der Waals surface area (Å²) in [6, 6.07) is 22.7. The lowest BCUT2D eigenvalue weighted by Gasteiger charge is -2.25. The standard InChI is InChI=1S/C22H20BrNO3S2/c1-27-21-12-9-18(23)15-20(21)22-24(13-14-28-22)29(25,26)19-10-7-17(8-11-19)16-5-3-2-4-6-16/h2-12,15,22H,13-14H2,1H3. The summed E-state index contributed by atoms with van der Waals surface area (Å²) < 4.78 is 34.8. The van der Waals surface area contributed by atoms with Crippen LogP contribution in [0.3, 0.4) is 0 Å². The molecule has 29 heavy (non-hydrogen) atoms. The minimum Gasteiger partial charge on any atom is -0.496 e. The lowest BCUT2D eigenvalue weighted by atomic mass is 10.1. The van der Waals surface area contributed by atoms with Gasteiger partial charge in [-0.15, -0.1) is 11.8 Å². The van der Waals surface area contributed by atoms with Crippen molar-refractivity contribution < 1.29 is 13.2 Å². The van der Waals surface area contributed by atoms with Gasteiger partial charge in [-0.3, -0.25) is 0 Å². The van der Waals surface area contributed by atoms with Crippen LogP contribution in [0.2, 0.25) is 0 Å². The Morgan fingerprint density at radius 2 is 1.69 bits per heavy atom. The van der Waals surface area contributed by atoms with Gasteiger partial charge in [0.1, 0.15) is 5.75 Å². The Morgan fingerprint density at radius 1 is 1.00 bits per heavy atom.